The Kier molecular flexibility index (Phi) is 5.45. The van der Waals surface area contributed by atoms with E-state index in [1.165, 1.54) is 6.42 Å². The van der Waals surface area contributed by atoms with Crippen LogP contribution in [0.25, 0.3) is 6.08 Å². The highest BCUT2D eigenvalue weighted by Crippen LogP contribution is 2.33. The minimum absolute atomic E-state index is 0.0480. The molecule has 2 fully saturated rings. The molecule has 4 heteroatoms. The van der Waals surface area contributed by atoms with Gasteiger partial charge in [0.15, 0.2) is 12.1 Å². The average Bonchev–Trinajstić information content (AvgIpc) is 2.50. The number of ketones is 1. The summed E-state index contributed by atoms with van der Waals surface area (Å²) in [6, 6.07) is 7.92. The Morgan fingerprint density at radius 2 is 2.00 bits per heavy atom. The normalized spacial score (nSPS) is 28.5. The van der Waals surface area contributed by atoms with Crippen LogP contribution >= 0.6 is 15.9 Å². The van der Waals surface area contributed by atoms with Crippen molar-refractivity contribution >= 4 is 27.8 Å². The third kappa shape index (κ3) is 4.28. The second-order valence-electron chi connectivity index (χ2n) is 6.01. The first-order valence-corrected chi connectivity index (χ1v) is 8.74. The molecule has 0 N–H and O–H groups in total. The molecule has 1 aromatic carbocycles. The molecule has 1 heterocycles. The van der Waals surface area contributed by atoms with Crippen molar-refractivity contribution in [2.45, 2.75) is 44.5 Å². The maximum Gasteiger partial charge on any atom is 0.158 e. The molecule has 0 spiro atoms. The molecule has 0 bridgehead atoms. The van der Waals surface area contributed by atoms with E-state index in [1.807, 2.05) is 30.3 Å². The average molecular weight is 365 g/mol. The van der Waals surface area contributed by atoms with E-state index < -0.39 is 0 Å². The largest absolute Gasteiger partial charge is 0.353 e. The number of hydrogen-bond donors (Lipinski definition) is 0. The van der Waals surface area contributed by atoms with Gasteiger partial charge >= 0.3 is 0 Å². The first kappa shape index (κ1) is 15.9. The van der Waals surface area contributed by atoms with E-state index in [0.717, 1.165) is 42.3 Å². The van der Waals surface area contributed by atoms with Gasteiger partial charge in [0.05, 0.1) is 6.10 Å². The number of carbonyl (C=O) groups excluding carboxylic acids is 1. The van der Waals surface area contributed by atoms with Crippen LogP contribution in [0.4, 0.5) is 0 Å². The number of allylic oxidation sites excluding steroid dienone is 1. The van der Waals surface area contributed by atoms with Gasteiger partial charge in [-0.2, -0.15) is 0 Å². The van der Waals surface area contributed by atoms with Gasteiger partial charge in [0.25, 0.3) is 0 Å². The molecule has 1 unspecified atom stereocenters. The van der Waals surface area contributed by atoms with Gasteiger partial charge in [-0.05, 0) is 55.9 Å². The van der Waals surface area contributed by atoms with Gasteiger partial charge in [-0.3, -0.25) is 4.79 Å². The lowest BCUT2D eigenvalue weighted by Crippen LogP contribution is -2.39. The van der Waals surface area contributed by atoms with Crippen molar-refractivity contribution in [3.8, 4) is 0 Å². The number of rotatable bonds is 5. The van der Waals surface area contributed by atoms with E-state index in [9.17, 15) is 4.79 Å². The van der Waals surface area contributed by atoms with Crippen LogP contribution in [0.5, 0.6) is 0 Å². The quantitative estimate of drug-likeness (QED) is 0.728. The summed E-state index contributed by atoms with van der Waals surface area (Å²) in [5.74, 6) is 0.313. The van der Waals surface area contributed by atoms with E-state index in [0.29, 0.717) is 0 Å². The van der Waals surface area contributed by atoms with Crippen molar-refractivity contribution in [1.29, 1.82) is 0 Å². The fraction of sp³-hybridized carbons (Fsp3) is 0.500. The van der Waals surface area contributed by atoms with Gasteiger partial charge in [0, 0.05) is 17.0 Å². The summed E-state index contributed by atoms with van der Waals surface area (Å²) in [6.45, 7) is 0.801. The Labute approximate surface area is 139 Å². The number of carbonyl (C=O) groups is 1. The second kappa shape index (κ2) is 7.53. The number of halogens is 1. The van der Waals surface area contributed by atoms with Crippen LogP contribution < -0.4 is 0 Å². The third-order valence-electron chi connectivity index (χ3n) is 4.29. The predicted octanol–water partition coefficient (Wildman–Crippen LogP) is 4.35. The zero-order chi connectivity index (χ0) is 15.4. The molecular weight excluding hydrogens is 344 g/mol. The summed E-state index contributed by atoms with van der Waals surface area (Å²) in [5.41, 5.74) is 1.04. The maximum absolute atomic E-state index is 12.1. The van der Waals surface area contributed by atoms with Gasteiger partial charge < -0.3 is 9.47 Å². The van der Waals surface area contributed by atoms with Gasteiger partial charge in [-0.1, -0.05) is 34.1 Å². The molecule has 1 aromatic rings. The first-order chi connectivity index (χ1) is 10.7. The summed E-state index contributed by atoms with van der Waals surface area (Å²) < 4.78 is 12.5. The second-order valence-corrected chi connectivity index (χ2v) is 6.93. The van der Waals surface area contributed by atoms with Gasteiger partial charge in [0.2, 0.25) is 0 Å². The van der Waals surface area contributed by atoms with E-state index in [-0.39, 0.29) is 24.1 Å². The van der Waals surface area contributed by atoms with Crippen LogP contribution in [0.3, 0.4) is 0 Å². The lowest BCUT2D eigenvalue weighted by atomic mass is 9.79. The summed E-state index contributed by atoms with van der Waals surface area (Å²) in [4.78, 5) is 12.1. The van der Waals surface area contributed by atoms with Gasteiger partial charge in [-0.15, -0.1) is 0 Å². The molecule has 2 aliphatic rings. The molecular formula is C18H21BrO3. The van der Waals surface area contributed by atoms with Crippen LogP contribution in [0.1, 0.15) is 37.7 Å². The maximum atomic E-state index is 12.1. The summed E-state index contributed by atoms with van der Waals surface area (Å²) >= 11 is 3.40. The van der Waals surface area contributed by atoms with Gasteiger partial charge in [-0.25, -0.2) is 0 Å². The van der Waals surface area contributed by atoms with Crippen LogP contribution in [0.15, 0.2) is 34.8 Å². The fourth-order valence-corrected chi connectivity index (χ4v) is 3.09. The van der Waals surface area contributed by atoms with Crippen molar-refractivity contribution < 1.29 is 14.3 Å². The smallest absolute Gasteiger partial charge is 0.158 e. The minimum atomic E-state index is -0.0480. The van der Waals surface area contributed by atoms with E-state index in [1.54, 1.807) is 6.08 Å². The number of benzene rings is 1. The van der Waals surface area contributed by atoms with E-state index in [4.69, 9.17) is 9.47 Å². The summed E-state index contributed by atoms with van der Waals surface area (Å²) in [6.07, 6.45) is 8.66. The van der Waals surface area contributed by atoms with E-state index >= 15 is 0 Å². The molecule has 0 aromatic heterocycles. The Bertz CT molecular complexity index is 526. The topological polar surface area (TPSA) is 35.5 Å². The highest BCUT2D eigenvalue weighted by molar-refractivity contribution is 9.10. The highest BCUT2D eigenvalue weighted by Gasteiger charge is 2.35. The summed E-state index contributed by atoms with van der Waals surface area (Å²) in [7, 11) is 0. The van der Waals surface area contributed by atoms with Crippen molar-refractivity contribution in [1.82, 2.24) is 0 Å². The van der Waals surface area contributed by atoms with E-state index in [2.05, 4.69) is 15.9 Å². The van der Waals surface area contributed by atoms with Gasteiger partial charge in [0.1, 0.15) is 0 Å². The predicted molar refractivity (Wildman–Crippen MR) is 89.4 cm³/mol. The fourth-order valence-electron chi connectivity index (χ4n) is 2.83. The zero-order valence-corrected chi connectivity index (χ0v) is 14.1. The van der Waals surface area contributed by atoms with Crippen LogP contribution in [-0.2, 0) is 14.3 Å². The van der Waals surface area contributed by atoms with Crippen molar-refractivity contribution in [2.75, 3.05) is 6.61 Å². The Hall–Kier alpha value is -0.970. The SMILES string of the molecule is O=C(/C=C/c1ccc(Br)cc1)C1CC(OC2CCCCO2)C1. The van der Waals surface area contributed by atoms with Crippen molar-refractivity contribution in [2.24, 2.45) is 5.92 Å². The first-order valence-electron chi connectivity index (χ1n) is 7.95. The van der Waals surface area contributed by atoms with Crippen molar-refractivity contribution in [3.63, 3.8) is 0 Å². The Morgan fingerprint density at radius 1 is 1.23 bits per heavy atom. The number of ether oxygens (including phenoxy) is 2. The number of hydrogen-bond acceptors (Lipinski definition) is 3. The molecule has 1 aliphatic carbocycles. The van der Waals surface area contributed by atoms with Crippen LogP contribution in [0, 0.1) is 5.92 Å². The third-order valence-corrected chi connectivity index (χ3v) is 4.82. The minimum Gasteiger partial charge on any atom is -0.353 e. The zero-order valence-electron chi connectivity index (χ0n) is 12.5. The molecule has 1 saturated carbocycles. The Balaban J connectivity index is 1.42. The summed E-state index contributed by atoms with van der Waals surface area (Å²) in [5, 5.41) is 0. The molecule has 0 amide bonds. The van der Waals surface area contributed by atoms with Crippen LogP contribution in [0.2, 0.25) is 0 Å². The monoisotopic (exact) mass is 364 g/mol. The molecule has 3 rings (SSSR count). The lowest BCUT2D eigenvalue weighted by molar-refractivity contribution is -0.209. The standard InChI is InChI=1S/C18H21BrO3/c19-15-7-4-13(5-8-15)6-9-17(20)14-11-16(12-14)22-18-3-1-2-10-21-18/h4-9,14,16,18H,1-3,10-12H2/b9-6+. The molecule has 1 saturated heterocycles. The molecule has 118 valence electrons. The highest BCUT2D eigenvalue weighted by atomic mass is 79.9. The van der Waals surface area contributed by atoms with Crippen molar-refractivity contribution in [3.05, 3.63) is 40.4 Å². The molecule has 1 atom stereocenters. The lowest BCUT2D eigenvalue weighted by Gasteiger charge is -2.37. The molecule has 1 aliphatic heterocycles. The molecule has 0 radical (unpaired) electrons. The molecule has 22 heavy (non-hydrogen) atoms. The Morgan fingerprint density at radius 3 is 2.68 bits per heavy atom. The van der Waals surface area contributed by atoms with Crippen LogP contribution in [-0.4, -0.2) is 24.8 Å². The molecule has 3 nitrogen and oxygen atoms in total.